The zero-order chi connectivity index (χ0) is 18.1. The van der Waals surface area contributed by atoms with Crippen LogP contribution in [-0.2, 0) is 18.0 Å². The van der Waals surface area contributed by atoms with Crippen molar-refractivity contribution < 1.29 is 9.76 Å². The number of nitrogens with two attached hydrogens (primary N) is 1. The lowest BCUT2D eigenvalue weighted by Crippen LogP contribution is -2.14. The molecule has 0 unspecified atom stereocenters. The number of nitro groups is 1. The van der Waals surface area contributed by atoms with Gasteiger partial charge in [-0.1, -0.05) is 12.1 Å². The third kappa shape index (κ3) is 2.53. The molecule has 0 atom stereocenters. The van der Waals surface area contributed by atoms with Crippen LogP contribution in [0.3, 0.4) is 0 Å². The number of fused-ring (bicyclic) bond motifs is 3. The number of aliphatic imine (C=N–C) groups is 1. The summed E-state index contributed by atoms with van der Waals surface area (Å²) >= 11 is 0. The Bertz CT molecular complexity index is 1010. The van der Waals surface area contributed by atoms with Crippen molar-refractivity contribution in [2.75, 3.05) is 0 Å². The van der Waals surface area contributed by atoms with Gasteiger partial charge in [0.05, 0.1) is 22.0 Å². The molecule has 1 aliphatic heterocycles. The number of nitro benzene ring substituents is 1. The van der Waals surface area contributed by atoms with Crippen molar-refractivity contribution in [3.8, 4) is 5.69 Å². The second-order valence-electron chi connectivity index (χ2n) is 5.49. The average Bonchev–Trinajstić information content (AvgIpc) is 2.97. The van der Waals surface area contributed by atoms with Crippen molar-refractivity contribution in [2.45, 2.75) is 13.2 Å². The van der Waals surface area contributed by atoms with Gasteiger partial charge in [0.2, 0.25) is 0 Å². The molecule has 10 heteroatoms. The Morgan fingerprint density at radius 3 is 2.85 bits per heavy atom. The van der Waals surface area contributed by atoms with E-state index in [1.807, 2.05) is 0 Å². The number of hydrogen-bond acceptors (Lipinski definition) is 8. The first-order valence-corrected chi connectivity index (χ1v) is 7.69. The van der Waals surface area contributed by atoms with Crippen LogP contribution in [0.4, 0.5) is 5.69 Å². The summed E-state index contributed by atoms with van der Waals surface area (Å²) in [4.78, 5) is 24.8. The molecule has 0 bridgehead atoms. The molecule has 4 rings (SSSR count). The van der Waals surface area contributed by atoms with Crippen LogP contribution in [-0.4, -0.2) is 30.4 Å². The van der Waals surface area contributed by atoms with Crippen molar-refractivity contribution in [2.24, 2.45) is 10.9 Å². The maximum atomic E-state index is 11.7. The Labute approximate surface area is 147 Å². The summed E-state index contributed by atoms with van der Waals surface area (Å²) in [7, 11) is 0. The van der Waals surface area contributed by atoms with Gasteiger partial charge in [0.15, 0.2) is 11.6 Å². The molecule has 1 aromatic carbocycles. The van der Waals surface area contributed by atoms with Crippen LogP contribution in [0.2, 0.25) is 0 Å². The predicted octanol–water partition coefficient (Wildman–Crippen LogP) is 1.31. The van der Waals surface area contributed by atoms with E-state index in [0.717, 1.165) is 0 Å². The fourth-order valence-electron chi connectivity index (χ4n) is 2.95. The lowest BCUT2D eigenvalue weighted by Gasteiger charge is -2.13. The molecule has 0 saturated carbocycles. The molecular weight excluding hydrogens is 338 g/mol. The molecule has 0 spiro atoms. The molecule has 10 nitrogen and oxygen atoms in total. The normalized spacial score (nSPS) is 12.7. The van der Waals surface area contributed by atoms with Gasteiger partial charge in [-0.15, -0.1) is 10.2 Å². The van der Waals surface area contributed by atoms with E-state index in [1.165, 1.54) is 6.07 Å². The zero-order valence-electron chi connectivity index (χ0n) is 13.4. The monoisotopic (exact) mass is 351 g/mol. The summed E-state index contributed by atoms with van der Waals surface area (Å²) in [6.45, 7) is 0.198. The van der Waals surface area contributed by atoms with Crippen LogP contribution < -0.4 is 5.90 Å². The van der Waals surface area contributed by atoms with Gasteiger partial charge in [0.1, 0.15) is 18.7 Å². The third-order valence-corrected chi connectivity index (χ3v) is 3.99. The Hall–Kier alpha value is -3.50. The van der Waals surface area contributed by atoms with Crippen LogP contribution in [0.25, 0.3) is 5.69 Å². The highest BCUT2D eigenvalue weighted by Crippen LogP contribution is 2.32. The van der Waals surface area contributed by atoms with E-state index < -0.39 is 4.92 Å². The molecule has 0 radical (unpaired) electrons. The van der Waals surface area contributed by atoms with Gasteiger partial charge in [-0.3, -0.25) is 29.5 Å². The topological polar surface area (TPSA) is 134 Å². The molecule has 2 aromatic heterocycles. The highest BCUT2D eigenvalue weighted by atomic mass is 16.6. The second kappa shape index (κ2) is 6.43. The Morgan fingerprint density at radius 2 is 2.12 bits per heavy atom. The van der Waals surface area contributed by atoms with Gasteiger partial charge in [-0.05, 0) is 18.2 Å². The molecule has 0 aliphatic carbocycles. The predicted molar refractivity (Wildman–Crippen MR) is 90.6 cm³/mol. The van der Waals surface area contributed by atoms with E-state index in [9.17, 15) is 10.1 Å². The van der Waals surface area contributed by atoms with Gasteiger partial charge in [0.25, 0.3) is 5.69 Å². The number of nitrogens with zero attached hydrogens (tertiary/aromatic N) is 6. The van der Waals surface area contributed by atoms with Gasteiger partial charge >= 0.3 is 0 Å². The first-order valence-electron chi connectivity index (χ1n) is 7.69. The minimum atomic E-state index is -0.439. The molecule has 130 valence electrons. The molecular formula is C16H13N7O3. The molecule has 0 saturated heterocycles. The van der Waals surface area contributed by atoms with Crippen molar-refractivity contribution in [1.29, 1.82) is 0 Å². The lowest BCUT2D eigenvalue weighted by atomic mass is 10.0. The number of aromatic nitrogens is 4. The first kappa shape index (κ1) is 16.0. The number of pyridine rings is 1. The maximum absolute atomic E-state index is 11.7. The highest BCUT2D eigenvalue weighted by Gasteiger charge is 2.29. The summed E-state index contributed by atoms with van der Waals surface area (Å²) in [6.07, 6.45) is 1.62. The average molecular weight is 351 g/mol. The van der Waals surface area contributed by atoms with Crippen LogP contribution in [0, 0.1) is 10.1 Å². The first-order chi connectivity index (χ1) is 12.7. The number of benzene rings is 1. The summed E-state index contributed by atoms with van der Waals surface area (Å²) in [6, 6.07) is 10.1. The molecule has 2 N–H and O–H groups in total. The molecule has 0 fully saturated rings. The van der Waals surface area contributed by atoms with E-state index in [-0.39, 0.29) is 18.8 Å². The molecule has 3 aromatic rings. The van der Waals surface area contributed by atoms with Gasteiger partial charge in [0, 0.05) is 12.3 Å². The minimum Gasteiger partial charge on any atom is -0.296 e. The van der Waals surface area contributed by atoms with E-state index >= 15 is 0 Å². The molecule has 26 heavy (non-hydrogen) atoms. The smallest absolute Gasteiger partial charge is 0.280 e. The van der Waals surface area contributed by atoms with Crippen LogP contribution in [0.1, 0.15) is 22.9 Å². The van der Waals surface area contributed by atoms with Crippen molar-refractivity contribution >= 4 is 11.4 Å². The Balaban J connectivity index is 2.03. The van der Waals surface area contributed by atoms with Gasteiger partial charge < -0.3 is 0 Å². The van der Waals surface area contributed by atoms with Crippen molar-refractivity contribution in [3.05, 3.63) is 75.6 Å². The van der Waals surface area contributed by atoms with Crippen molar-refractivity contribution in [3.63, 3.8) is 0 Å². The van der Waals surface area contributed by atoms with Gasteiger partial charge in [-0.2, -0.15) is 0 Å². The summed E-state index contributed by atoms with van der Waals surface area (Å²) < 4.78 is 1.69. The Kier molecular flexibility index (Phi) is 3.95. The van der Waals surface area contributed by atoms with Crippen molar-refractivity contribution in [1.82, 2.24) is 19.7 Å². The minimum absolute atomic E-state index is 0.00799. The number of rotatable bonds is 4. The van der Waals surface area contributed by atoms with Gasteiger partial charge in [-0.25, -0.2) is 5.90 Å². The van der Waals surface area contributed by atoms with E-state index in [1.54, 1.807) is 41.1 Å². The quantitative estimate of drug-likeness (QED) is 0.553. The standard InChI is InChI=1S/C16H13N7O3/c17-26-9-14-21-20-13-8-19-16(10-4-1-2-7-18-10)15-11(22(13)14)5-3-6-12(15)23(24)25/h1-7H,8-9,17H2. The summed E-state index contributed by atoms with van der Waals surface area (Å²) in [5.74, 6) is 6.14. The lowest BCUT2D eigenvalue weighted by molar-refractivity contribution is -0.385. The second-order valence-corrected chi connectivity index (χ2v) is 5.49. The third-order valence-electron chi connectivity index (χ3n) is 3.99. The summed E-state index contributed by atoms with van der Waals surface area (Å²) in [5, 5.41) is 19.8. The molecule has 3 heterocycles. The van der Waals surface area contributed by atoms with E-state index in [4.69, 9.17) is 10.7 Å². The fourth-order valence-corrected chi connectivity index (χ4v) is 2.95. The Morgan fingerprint density at radius 1 is 1.23 bits per heavy atom. The number of hydrogen-bond donors (Lipinski definition) is 1. The SMILES string of the molecule is NOCc1nnc2n1-c1cccc([N+](=O)[O-])c1C(c1ccccn1)=NC2. The maximum Gasteiger partial charge on any atom is 0.280 e. The van der Waals surface area contributed by atoms with Crippen LogP contribution in [0.15, 0.2) is 47.6 Å². The summed E-state index contributed by atoms with van der Waals surface area (Å²) in [5.41, 5.74) is 1.78. The van der Waals surface area contributed by atoms with E-state index in [0.29, 0.717) is 34.3 Å². The fraction of sp³-hybridized carbons (Fsp3) is 0.125. The molecule has 0 amide bonds. The highest BCUT2D eigenvalue weighted by molar-refractivity contribution is 6.16. The largest absolute Gasteiger partial charge is 0.296 e. The molecule has 1 aliphatic rings. The van der Waals surface area contributed by atoms with E-state index in [2.05, 4.69) is 20.2 Å². The van der Waals surface area contributed by atoms with Crippen LogP contribution in [0.5, 0.6) is 0 Å². The van der Waals surface area contributed by atoms with Crippen LogP contribution >= 0.6 is 0 Å². The zero-order valence-corrected chi connectivity index (χ0v) is 13.4.